The van der Waals surface area contributed by atoms with Gasteiger partial charge in [-0.2, -0.15) is 10.2 Å². The summed E-state index contributed by atoms with van der Waals surface area (Å²) in [5.41, 5.74) is 1.12. The number of aromatic nitrogens is 2. The molecular weight excluding hydrogens is 158 g/mol. The highest BCUT2D eigenvalue weighted by molar-refractivity contribution is 7.98. The lowest BCUT2D eigenvalue weighted by atomic mass is 10.4. The molecule has 1 rings (SSSR count). The molecule has 0 aliphatic carbocycles. The number of hydrogen-bond acceptors (Lipinski definition) is 4. The van der Waals surface area contributed by atoms with Crippen molar-refractivity contribution in [2.75, 3.05) is 25.3 Å². The highest BCUT2D eigenvalue weighted by Gasteiger charge is 2.01. The Kier molecular flexibility index (Phi) is 2.70. The van der Waals surface area contributed by atoms with Gasteiger partial charge in [0.05, 0.1) is 23.0 Å². The fourth-order valence-corrected chi connectivity index (χ4v) is 1.39. The lowest BCUT2D eigenvalue weighted by molar-refractivity contribution is 0.964. The first kappa shape index (κ1) is 8.33. The van der Waals surface area contributed by atoms with Gasteiger partial charge >= 0.3 is 0 Å². The average molecular weight is 169 g/mol. The molecule has 0 aromatic carbocycles. The summed E-state index contributed by atoms with van der Waals surface area (Å²) in [6.07, 6.45) is 5.58. The van der Waals surface area contributed by atoms with Crippen LogP contribution in [0.4, 0.5) is 5.69 Å². The minimum atomic E-state index is 1.12. The Bertz CT molecular complexity index is 237. The van der Waals surface area contributed by atoms with Crippen molar-refractivity contribution in [2.45, 2.75) is 4.90 Å². The van der Waals surface area contributed by atoms with Crippen molar-refractivity contribution in [2.24, 2.45) is 0 Å². The van der Waals surface area contributed by atoms with Crippen molar-refractivity contribution in [3.8, 4) is 0 Å². The maximum Gasteiger partial charge on any atom is 0.0741 e. The number of hydrogen-bond donors (Lipinski definition) is 0. The van der Waals surface area contributed by atoms with Gasteiger partial charge in [0.1, 0.15) is 0 Å². The first-order chi connectivity index (χ1) is 5.25. The largest absolute Gasteiger partial charge is 0.375 e. The van der Waals surface area contributed by atoms with Crippen LogP contribution in [0.5, 0.6) is 0 Å². The van der Waals surface area contributed by atoms with E-state index in [2.05, 4.69) is 10.2 Å². The molecule has 0 aliphatic heterocycles. The summed E-state index contributed by atoms with van der Waals surface area (Å²) in [4.78, 5) is 3.19. The Balaban J connectivity index is 3.02. The Labute approximate surface area is 70.8 Å². The van der Waals surface area contributed by atoms with Crippen molar-refractivity contribution >= 4 is 17.4 Å². The van der Waals surface area contributed by atoms with Gasteiger partial charge in [-0.25, -0.2) is 0 Å². The maximum absolute atomic E-state index is 3.81. The van der Waals surface area contributed by atoms with E-state index in [1.165, 1.54) is 0 Å². The van der Waals surface area contributed by atoms with Gasteiger partial charge in [-0.05, 0) is 6.26 Å². The van der Waals surface area contributed by atoms with Crippen LogP contribution in [0.3, 0.4) is 0 Å². The quantitative estimate of drug-likeness (QED) is 0.623. The Hall–Kier alpha value is -0.770. The molecule has 0 saturated heterocycles. The molecule has 0 aliphatic rings. The summed E-state index contributed by atoms with van der Waals surface area (Å²) < 4.78 is 0. The zero-order chi connectivity index (χ0) is 8.27. The molecule has 0 amide bonds. The van der Waals surface area contributed by atoms with E-state index in [4.69, 9.17) is 0 Å². The highest BCUT2D eigenvalue weighted by atomic mass is 32.2. The van der Waals surface area contributed by atoms with Crippen molar-refractivity contribution in [1.29, 1.82) is 0 Å². The molecule has 0 atom stereocenters. The number of rotatable bonds is 2. The highest BCUT2D eigenvalue weighted by Crippen LogP contribution is 2.24. The van der Waals surface area contributed by atoms with Crippen LogP contribution in [0, 0.1) is 0 Å². The molecular formula is C7H11N3S. The van der Waals surface area contributed by atoms with E-state index >= 15 is 0 Å². The number of thioether (sulfide) groups is 1. The first-order valence-corrected chi connectivity index (χ1v) is 4.50. The van der Waals surface area contributed by atoms with Crippen LogP contribution in [0.25, 0.3) is 0 Å². The third-order valence-corrected chi connectivity index (χ3v) is 2.13. The van der Waals surface area contributed by atoms with Gasteiger partial charge < -0.3 is 4.90 Å². The SMILES string of the molecule is CSc1cnncc1N(C)C. The Morgan fingerprint density at radius 3 is 2.36 bits per heavy atom. The summed E-state index contributed by atoms with van der Waals surface area (Å²) in [7, 11) is 3.99. The van der Waals surface area contributed by atoms with Crippen molar-refractivity contribution < 1.29 is 0 Å². The van der Waals surface area contributed by atoms with Gasteiger partial charge in [0.2, 0.25) is 0 Å². The molecule has 3 nitrogen and oxygen atoms in total. The fraction of sp³-hybridized carbons (Fsp3) is 0.429. The van der Waals surface area contributed by atoms with Gasteiger partial charge in [-0.1, -0.05) is 0 Å². The summed E-state index contributed by atoms with van der Waals surface area (Å²) in [6, 6.07) is 0. The Morgan fingerprint density at radius 1 is 1.27 bits per heavy atom. The third kappa shape index (κ3) is 1.83. The molecule has 0 unspecified atom stereocenters. The van der Waals surface area contributed by atoms with Crippen LogP contribution in [-0.4, -0.2) is 30.5 Å². The van der Waals surface area contributed by atoms with E-state index < -0.39 is 0 Å². The third-order valence-electron chi connectivity index (χ3n) is 1.38. The molecule has 60 valence electrons. The minimum Gasteiger partial charge on any atom is -0.375 e. The van der Waals surface area contributed by atoms with Crippen LogP contribution >= 0.6 is 11.8 Å². The molecule has 0 bridgehead atoms. The van der Waals surface area contributed by atoms with Gasteiger partial charge in [-0.15, -0.1) is 11.8 Å². The van der Waals surface area contributed by atoms with Crippen LogP contribution in [0.15, 0.2) is 17.3 Å². The standard InChI is InChI=1S/C7H11N3S/c1-10(2)6-4-8-9-5-7(6)11-3/h4-5H,1-3H3. The second kappa shape index (κ2) is 3.57. The molecule has 11 heavy (non-hydrogen) atoms. The predicted octanol–water partition coefficient (Wildman–Crippen LogP) is 1.26. The average Bonchev–Trinajstić information content (AvgIpc) is 2.04. The maximum atomic E-state index is 3.81. The smallest absolute Gasteiger partial charge is 0.0741 e. The summed E-state index contributed by atoms with van der Waals surface area (Å²) in [5, 5.41) is 7.61. The molecule has 4 heteroatoms. The van der Waals surface area contributed by atoms with Gasteiger partial charge in [0, 0.05) is 14.1 Å². The van der Waals surface area contributed by atoms with Crippen molar-refractivity contribution in [1.82, 2.24) is 10.2 Å². The molecule has 0 fully saturated rings. The molecule has 0 radical (unpaired) electrons. The molecule has 1 aromatic heterocycles. The Morgan fingerprint density at radius 2 is 1.91 bits per heavy atom. The molecule has 0 N–H and O–H groups in total. The van der Waals surface area contributed by atoms with Gasteiger partial charge in [0.25, 0.3) is 0 Å². The predicted molar refractivity (Wildman–Crippen MR) is 48.1 cm³/mol. The molecule has 0 saturated carbocycles. The normalized spacial score (nSPS) is 9.73. The van der Waals surface area contributed by atoms with Crippen LogP contribution in [0.1, 0.15) is 0 Å². The van der Waals surface area contributed by atoms with E-state index in [1.54, 1.807) is 24.2 Å². The lowest BCUT2D eigenvalue weighted by Crippen LogP contribution is -2.10. The van der Waals surface area contributed by atoms with Crippen molar-refractivity contribution in [3.05, 3.63) is 12.4 Å². The second-order valence-electron chi connectivity index (χ2n) is 2.34. The van der Waals surface area contributed by atoms with E-state index in [0.717, 1.165) is 10.6 Å². The van der Waals surface area contributed by atoms with Crippen LogP contribution in [0.2, 0.25) is 0 Å². The minimum absolute atomic E-state index is 1.12. The monoisotopic (exact) mass is 169 g/mol. The molecule has 1 aromatic rings. The first-order valence-electron chi connectivity index (χ1n) is 3.27. The van der Waals surface area contributed by atoms with Gasteiger partial charge in [-0.3, -0.25) is 0 Å². The summed E-state index contributed by atoms with van der Waals surface area (Å²) in [6.45, 7) is 0. The van der Waals surface area contributed by atoms with E-state index in [1.807, 2.05) is 25.3 Å². The van der Waals surface area contributed by atoms with E-state index in [0.29, 0.717) is 0 Å². The molecule has 1 heterocycles. The topological polar surface area (TPSA) is 29.0 Å². The summed E-state index contributed by atoms with van der Waals surface area (Å²) in [5.74, 6) is 0. The zero-order valence-corrected chi connectivity index (χ0v) is 7.72. The molecule has 0 spiro atoms. The lowest BCUT2D eigenvalue weighted by Gasteiger charge is -2.13. The van der Waals surface area contributed by atoms with E-state index in [-0.39, 0.29) is 0 Å². The second-order valence-corrected chi connectivity index (χ2v) is 3.19. The van der Waals surface area contributed by atoms with Crippen molar-refractivity contribution in [3.63, 3.8) is 0 Å². The zero-order valence-electron chi connectivity index (χ0n) is 6.90. The van der Waals surface area contributed by atoms with Gasteiger partial charge in [0.15, 0.2) is 0 Å². The fourth-order valence-electron chi connectivity index (χ4n) is 0.797. The van der Waals surface area contributed by atoms with Crippen LogP contribution < -0.4 is 4.90 Å². The number of nitrogens with zero attached hydrogens (tertiary/aromatic N) is 3. The summed E-state index contributed by atoms with van der Waals surface area (Å²) >= 11 is 1.68. The van der Waals surface area contributed by atoms with E-state index in [9.17, 15) is 0 Å². The van der Waals surface area contributed by atoms with Crippen LogP contribution in [-0.2, 0) is 0 Å². The number of anilines is 1.